The maximum absolute atomic E-state index is 4.41. The van der Waals surface area contributed by atoms with Crippen LogP contribution in [0.15, 0.2) is 17.3 Å². The van der Waals surface area contributed by atoms with E-state index in [0.717, 1.165) is 13.0 Å². The fourth-order valence-electron chi connectivity index (χ4n) is 1.26. The molecule has 0 aliphatic carbocycles. The highest BCUT2D eigenvalue weighted by Gasteiger charge is 2.14. The van der Waals surface area contributed by atoms with Crippen LogP contribution in [0.4, 0.5) is 0 Å². The zero-order chi connectivity index (χ0) is 8.27. The third-order valence-electron chi connectivity index (χ3n) is 1.76. The van der Waals surface area contributed by atoms with Gasteiger partial charge in [-0.1, -0.05) is 6.08 Å². The molecule has 0 radical (unpaired) electrons. The predicted molar refractivity (Wildman–Crippen MR) is 48.7 cm³/mol. The molecule has 0 saturated heterocycles. The molecule has 2 heteroatoms. The minimum Gasteiger partial charge on any atom is -0.334 e. The average molecular weight is 152 g/mol. The van der Waals surface area contributed by atoms with Crippen LogP contribution >= 0.6 is 0 Å². The summed E-state index contributed by atoms with van der Waals surface area (Å²) in [6, 6.07) is 0.541. The molecule has 1 aliphatic rings. The molecule has 0 saturated carbocycles. The molecule has 0 bridgehead atoms. The molecule has 0 amide bonds. The van der Waals surface area contributed by atoms with E-state index in [1.807, 2.05) is 0 Å². The van der Waals surface area contributed by atoms with Gasteiger partial charge < -0.3 is 4.90 Å². The Hall–Kier alpha value is -0.790. The highest BCUT2D eigenvalue weighted by Crippen LogP contribution is 2.11. The first-order chi connectivity index (χ1) is 5.25. The van der Waals surface area contributed by atoms with Gasteiger partial charge in [0, 0.05) is 25.2 Å². The zero-order valence-corrected chi connectivity index (χ0v) is 7.54. The highest BCUT2D eigenvalue weighted by atomic mass is 15.2. The molecule has 0 N–H and O–H groups in total. The third kappa shape index (κ3) is 1.82. The summed E-state index contributed by atoms with van der Waals surface area (Å²) in [5.41, 5.74) is 0. The second kappa shape index (κ2) is 3.56. The van der Waals surface area contributed by atoms with E-state index < -0.39 is 0 Å². The van der Waals surface area contributed by atoms with Crippen LogP contribution in [0.5, 0.6) is 0 Å². The molecule has 1 rings (SSSR count). The lowest BCUT2D eigenvalue weighted by Gasteiger charge is -2.21. The summed E-state index contributed by atoms with van der Waals surface area (Å²) in [7, 11) is 0. The smallest absolute Gasteiger partial charge is 0.107 e. The Morgan fingerprint density at radius 2 is 2.36 bits per heavy atom. The van der Waals surface area contributed by atoms with Gasteiger partial charge in [0.25, 0.3) is 0 Å². The summed E-state index contributed by atoms with van der Waals surface area (Å²) >= 11 is 0. The van der Waals surface area contributed by atoms with Crippen LogP contribution in [0.25, 0.3) is 0 Å². The van der Waals surface area contributed by atoms with Crippen LogP contribution in [0.3, 0.4) is 0 Å². The van der Waals surface area contributed by atoms with Crippen LogP contribution in [0, 0.1) is 0 Å². The van der Waals surface area contributed by atoms with Crippen molar-refractivity contribution in [2.75, 3.05) is 6.54 Å². The van der Waals surface area contributed by atoms with Crippen molar-refractivity contribution in [2.24, 2.45) is 4.99 Å². The Morgan fingerprint density at radius 1 is 1.64 bits per heavy atom. The van der Waals surface area contributed by atoms with E-state index in [1.165, 1.54) is 5.84 Å². The third-order valence-corrected chi connectivity index (χ3v) is 1.76. The van der Waals surface area contributed by atoms with Crippen LogP contribution in [0.2, 0.25) is 0 Å². The van der Waals surface area contributed by atoms with Gasteiger partial charge in [0.2, 0.25) is 0 Å². The normalized spacial score (nSPS) is 20.7. The van der Waals surface area contributed by atoms with Crippen molar-refractivity contribution < 1.29 is 0 Å². The van der Waals surface area contributed by atoms with Crippen LogP contribution in [-0.4, -0.2) is 23.3 Å². The van der Waals surface area contributed by atoms with E-state index in [1.54, 1.807) is 0 Å². The van der Waals surface area contributed by atoms with Gasteiger partial charge in [0.1, 0.15) is 5.84 Å². The first-order valence-corrected chi connectivity index (χ1v) is 4.24. The summed E-state index contributed by atoms with van der Waals surface area (Å²) in [6.45, 7) is 7.33. The monoisotopic (exact) mass is 152 g/mol. The zero-order valence-electron chi connectivity index (χ0n) is 7.54. The Balaban J connectivity index is 2.63. The van der Waals surface area contributed by atoms with Gasteiger partial charge in [0.15, 0.2) is 0 Å². The van der Waals surface area contributed by atoms with Crippen molar-refractivity contribution in [1.82, 2.24) is 4.90 Å². The standard InChI is InChI=1S/C9H16N2/c1-4-10-9-6-5-7-11(9)8(2)3/h5,7-8H,4,6H2,1-3H3. The molecule has 0 fully saturated rings. The molecule has 11 heavy (non-hydrogen) atoms. The molecule has 0 aromatic carbocycles. The quantitative estimate of drug-likeness (QED) is 0.591. The molecule has 62 valence electrons. The van der Waals surface area contributed by atoms with Crippen LogP contribution in [0.1, 0.15) is 27.2 Å². The second-order valence-corrected chi connectivity index (χ2v) is 2.98. The Morgan fingerprint density at radius 3 is 2.91 bits per heavy atom. The van der Waals surface area contributed by atoms with E-state index in [-0.39, 0.29) is 0 Å². The maximum atomic E-state index is 4.41. The Bertz CT molecular complexity index is 180. The topological polar surface area (TPSA) is 15.6 Å². The fourth-order valence-corrected chi connectivity index (χ4v) is 1.26. The van der Waals surface area contributed by atoms with Gasteiger partial charge in [-0.25, -0.2) is 0 Å². The number of amidine groups is 1. The average Bonchev–Trinajstić information content (AvgIpc) is 2.36. The first-order valence-electron chi connectivity index (χ1n) is 4.24. The summed E-state index contributed by atoms with van der Waals surface area (Å²) < 4.78 is 0. The number of nitrogens with zero attached hydrogens (tertiary/aromatic N) is 2. The molecule has 2 nitrogen and oxygen atoms in total. The Labute approximate surface area is 68.6 Å². The molecule has 0 atom stereocenters. The summed E-state index contributed by atoms with van der Waals surface area (Å²) in [5.74, 6) is 1.21. The van der Waals surface area contributed by atoms with Gasteiger partial charge in [0.05, 0.1) is 0 Å². The largest absolute Gasteiger partial charge is 0.334 e. The first kappa shape index (κ1) is 8.31. The molecule has 1 heterocycles. The van der Waals surface area contributed by atoms with Crippen molar-refractivity contribution in [2.45, 2.75) is 33.2 Å². The number of hydrogen-bond acceptors (Lipinski definition) is 1. The van der Waals surface area contributed by atoms with Gasteiger partial charge in [-0.3, -0.25) is 4.99 Å². The van der Waals surface area contributed by atoms with E-state index in [0.29, 0.717) is 6.04 Å². The van der Waals surface area contributed by atoms with Crippen molar-refractivity contribution in [3.63, 3.8) is 0 Å². The molecule has 0 aromatic rings. The van der Waals surface area contributed by atoms with Crippen molar-refractivity contribution in [3.05, 3.63) is 12.3 Å². The molecular weight excluding hydrogens is 136 g/mol. The van der Waals surface area contributed by atoms with Crippen LogP contribution < -0.4 is 0 Å². The second-order valence-electron chi connectivity index (χ2n) is 2.98. The van der Waals surface area contributed by atoms with Crippen LogP contribution in [-0.2, 0) is 0 Å². The number of aliphatic imine (C=N–C) groups is 1. The SMILES string of the molecule is CCN=C1CC=CN1C(C)C. The van der Waals surface area contributed by atoms with Gasteiger partial charge in [-0.2, -0.15) is 0 Å². The maximum Gasteiger partial charge on any atom is 0.107 e. The summed E-state index contributed by atoms with van der Waals surface area (Å²) in [5, 5.41) is 0. The van der Waals surface area contributed by atoms with E-state index in [9.17, 15) is 0 Å². The lowest BCUT2D eigenvalue weighted by atomic mass is 10.3. The van der Waals surface area contributed by atoms with Crippen molar-refractivity contribution in [1.29, 1.82) is 0 Å². The van der Waals surface area contributed by atoms with E-state index >= 15 is 0 Å². The van der Waals surface area contributed by atoms with Crippen molar-refractivity contribution in [3.8, 4) is 0 Å². The number of hydrogen-bond donors (Lipinski definition) is 0. The minimum absolute atomic E-state index is 0.541. The van der Waals surface area contributed by atoms with E-state index in [4.69, 9.17) is 0 Å². The van der Waals surface area contributed by atoms with Gasteiger partial charge in [-0.15, -0.1) is 0 Å². The summed E-state index contributed by atoms with van der Waals surface area (Å²) in [4.78, 5) is 6.63. The molecule has 0 aromatic heterocycles. The Kier molecular flexibility index (Phi) is 2.69. The lowest BCUT2D eigenvalue weighted by molar-refractivity contribution is 0.463. The molecular formula is C9H16N2. The molecule has 1 aliphatic heterocycles. The van der Waals surface area contributed by atoms with E-state index in [2.05, 4.69) is 42.9 Å². The molecule has 0 spiro atoms. The predicted octanol–water partition coefficient (Wildman–Crippen LogP) is 2.03. The highest BCUT2D eigenvalue weighted by molar-refractivity contribution is 5.87. The lowest BCUT2D eigenvalue weighted by Crippen LogP contribution is -2.28. The minimum atomic E-state index is 0.541. The van der Waals surface area contributed by atoms with Gasteiger partial charge in [-0.05, 0) is 20.8 Å². The van der Waals surface area contributed by atoms with Crippen molar-refractivity contribution >= 4 is 5.84 Å². The van der Waals surface area contributed by atoms with Gasteiger partial charge >= 0.3 is 0 Å². The fraction of sp³-hybridized carbons (Fsp3) is 0.667. The summed E-state index contributed by atoms with van der Waals surface area (Å²) in [6.07, 6.45) is 5.29. The molecule has 0 unspecified atom stereocenters. The number of rotatable bonds is 2.